The van der Waals surface area contributed by atoms with Crippen molar-refractivity contribution < 1.29 is 19.4 Å². The molecule has 7 heteroatoms. The lowest BCUT2D eigenvalue weighted by molar-refractivity contribution is -0.144. The van der Waals surface area contributed by atoms with Crippen LogP contribution < -0.4 is 10.1 Å². The quantitative estimate of drug-likeness (QED) is 0.578. The smallest absolute Gasteiger partial charge is 0.344 e. The van der Waals surface area contributed by atoms with Crippen molar-refractivity contribution >= 4 is 35.2 Å². The number of carboxylic acids is 1. The topological polar surface area (TPSA) is 99.4 Å². The summed E-state index contributed by atoms with van der Waals surface area (Å²) < 4.78 is 5.24. The molecule has 0 aliphatic heterocycles. The summed E-state index contributed by atoms with van der Waals surface area (Å²) in [7, 11) is 0. The Morgan fingerprint density at radius 2 is 1.93 bits per heavy atom. The molecule has 0 heterocycles. The Bertz CT molecular complexity index is 930. The molecule has 0 aromatic heterocycles. The predicted octanol–water partition coefficient (Wildman–Crippen LogP) is 4.05. The molecule has 0 spiro atoms. The third-order valence-corrected chi connectivity index (χ3v) is 3.90. The number of hydrogen-bond donors (Lipinski definition) is 2. The number of aryl methyl sites for hydroxylation is 1. The van der Waals surface area contributed by atoms with E-state index in [4.69, 9.17) is 21.4 Å². The molecule has 1 amide bonds. The van der Waals surface area contributed by atoms with Gasteiger partial charge in [0.25, 0.3) is 5.91 Å². The number of ether oxygens (including phenoxy) is 1. The van der Waals surface area contributed by atoms with Crippen LogP contribution in [0.1, 0.15) is 18.1 Å². The Morgan fingerprint density at radius 3 is 2.52 bits per heavy atom. The second kappa shape index (κ2) is 8.88. The molecule has 27 heavy (non-hydrogen) atoms. The molecule has 0 aliphatic carbocycles. The van der Waals surface area contributed by atoms with E-state index >= 15 is 0 Å². The third-order valence-electron chi connectivity index (χ3n) is 3.66. The number of hydrogen-bond acceptors (Lipinski definition) is 4. The molecule has 0 bridgehead atoms. The van der Waals surface area contributed by atoms with Crippen LogP contribution in [0.25, 0.3) is 6.08 Å². The highest BCUT2D eigenvalue weighted by molar-refractivity contribution is 6.31. The number of nitriles is 1. The van der Waals surface area contributed by atoms with Crippen molar-refractivity contribution in [1.82, 2.24) is 0 Å². The standard InChI is InChI=1S/C20H17ClN2O4/c1-12-3-6-16(21)10-18(12)23-19(24)15(11-22)9-14-4-7-17(8-5-14)27-13(2)20(25)26/h3-10,13H,1-2H3,(H,23,24)(H,25,26)/b15-9-/t13-/m0/s1. The molecule has 2 rings (SSSR count). The molecular weight excluding hydrogens is 368 g/mol. The molecule has 0 radical (unpaired) electrons. The maximum Gasteiger partial charge on any atom is 0.344 e. The minimum absolute atomic E-state index is 0.0815. The second-order valence-electron chi connectivity index (χ2n) is 5.75. The van der Waals surface area contributed by atoms with Crippen LogP contribution in [0.5, 0.6) is 5.75 Å². The molecule has 2 aromatic carbocycles. The fourth-order valence-corrected chi connectivity index (χ4v) is 2.30. The molecule has 0 fully saturated rings. The van der Waals surface area contributed by atoms with Gasteiger partial charge in [0.1, 0.15) is 17.4 Å². The normalized spacial score (nSPS) is 12.0. The van der Waals surface area contributed by atoms with Crippen LogP contribution in [0.15, 0.2) is 48.0 Å². The number of benzene rings is 2. The average molecular weight is 385 g/mol. The number of carbonyl (C=O) groups excluding carboxylic acids is 1. The number of aliphatic carboxylic acids is 1. The number of carbonyl (C=O) groups is 2. The maximum atomic E-state index is 12.4. The van der Waals surface area contributed by atoms with Crippen molar-refractivity contribution in [2.75, 3.05) is 5.32 Å². The van der Waals surface area contributed by atoms with E-state index in [1.165, 1.54) is 13.0 Å². The van der Waals surface area contributed by atoms with Gasteiger partial charge in [-0.3, -0.25) is 4.79 Å². The van der Waals surface area contributed by atoms with Gasteiger partial charge >= 0.3 is 5.97 Å². The van der Waals surface area contributed by atoms with Crippen molar-refractivity contribution in [2.45, 2.75) is 20.0 Å². The van der Waals surface area contributed by atoms with Crippen LogP contribution in [0.4, 0.5) is 5.69 Å². The van der Waals surface area contributed by atoms with Gasteiger partial charge in [0.2, 0.25) is 0 Å². The van der Waals surface area contributed by atoms with Crippen LogP contribution in [-0.4, -0.2) is 23.1 Å². The molecule has 138 valence electrons. The van der Waals surface area contributed by atoms with E-state index in [-0.39, 0.29) is 5.57 Å². The first-order valence-corrected chi connectivity index (χ1v) is 8.37. The summed E-state index contributed by atoms with van der Waals surface area (Å²) in [5, 5.41) is 21.3. The average Bonchev–Trinajstić information content (AvgIpc) is 2.63. The second-order valence-corrected chi connectivity index (χ2v) is 6.19. The van der Waals surface area contributed by atoms with Gasteiger partial charge in [0.15, 0.2) is 6.10 Å². The molecule has 0 aliphatic rings. The predicted molar refractivity (Wildman–Crippen MR) is 103 cm³/mol. The number of carboxylic acid groups (broad SMARTS) is 1. The summed E-state index contributed by atoms with van der Waals surface area (Å²) in [6, 6.07) is 13.3. The molecule has 2 aromatic rings. The van der Waals surface area contributed by atoms with E-state index in [0.717, 1.165) is 5.56 Å². The van der Waals surface area contributed by atoms with Crippen LogP contribution in [0, 0.1) is 18.3 Å². The van der Waals surface area contributed by atoms with Gasteiger partial charge in [-0.2, -0.15) is 5.26 Å². The molecule has 2 N–H and O–H groups in total. The fraction of sp³-hybridized carbons (Fsp3) is 0.150. The number of nitrogens with zero attached hydrogens (tertiary/aromatic N) is 1. The summed E-state index contributed by atoms with van der Waals surface area (Å²) in [5.74, 6) is -1.25. The van der Waals surface area contributed by atoms with Crippen molar-refractivity contribution in [2.24, 2.45) is 0 Å². The van der Waals surface area contributed by atoms with Gasteiger partial charge in [-0.1, -0.05) is 29.8 Å². The Labute approximate surface area is 161 Å². The minimum Gasteiger partial charge on any atom is -0.479 e. The zero-order valence-corrected chi connectivity index (χ0v) is 15.4. The van der Waals surface area contributed by atoms with E-state index in [9.17, 15) is 14.9 Å². The molecule has 6 nitrogen and oxygen atoms in total. The lowest BCUT2D eigenvalue weighted by Crippen LogP contribution is -2.22. The minimum atomic E-state index is -1.07. The van der Waals surface area contributed by atoms with E-state index in [1.54, 1.807) is 42.5 Å². The van der Waals surface area contributed by atoms with Gasteiger partial charge in [0.05, 0.1) is 0 Å². The highest BCUT2D eigenvalue weighted by Crippen LogP contribution is 2.21. The highest BCUT2D eigenvalue weighted by atomic mass is 35.5. The monoisotopic (exact) mass is 384 g/mol. The summed E-state index contributed by atoms with van der Waals surface area (Å²) in [5.41, 5.74) is 1.86. The summed E-state index contributed by atoms with van der Waals surface area (Å²) in [6.45, 7) is 3.24. The van der Waals surface area contributed by atoms with Gasteiger partial charge in [-0.25, -0.2) is 4.79 Å². The van der Waals surface area contributed by atoms with Crippen LogP contribution >= 0.6 is 11.6 Å². The number of amides is 1. The molecular formula is C20H17ClN2O4. The van der Waals surface area contributed by atoms with E-state index in [1.807, 2.05) is 13.0 Å². The molecule has 0 saturated carbocycles. The Balaban J connectivity index is 2.15. The summed E-state index contributed by atoms with van der Waals surface area (Å²) >= 11 is 5.93. The maximum absolute atomic E-state index is 12.4. The number of halogens is 1. The molecule has 1 atom stereocenters. The van der Waals surface area contributed by atoms with Crippen molar-refractivity contribution in [3.05, 3.63) is 64.2 Å². The first-order chi connectivity index (χ1) is 12.8. The molecule has 0 saturated heterocycles. The zero-order chi connectivity index (χ0) is 20.0. The van der Waals surface area contributed by atoms with Crippen molar-refractivity contribution in [3.63, 3.8) is 0 Å². The highest BCUT2D eigenvalue weighted by Gasteiger charge is 2.13. The van der Waals surface area contributed by atoms with Gasteiger partial charge in [-0.15, -0.1) is 0 Å². The van der Waals surface area contributed by atoms with E-state index in [0.29, 0.717) is 22.0 Å². The SMILES string of the molecule is Cc1ccc(Cl)cc1NC(=O)/C(C#N)=C\c1ccc(O[C@@H](C)C(=O)O)cc1. The van der Waals surface area contributed by atoms with Crippen LogP contribution in [-0.2, 0) is 9.59 Å². The zero-order valence-electron chi connectivity index (χ0n) is 14.7. The fourth-order valence-electron chi connectivity index (χ4n) is 2.13. The lowest BCUT2D eigenvalue weighted by atomic mass is 10.1. The first kappa shape index (κ1) is 20.0. The Morgan fingerprint density at radius 1 is 1.26 bits per heavy atom. The third kappa shape index (κ3) is 5.59. The van der Waals surface area contributed by atoms with Gasteiger partial charge in [0, 0.05) is 10.7 Å². The largest absolute Gasteiger partial charge is 0.479 e. The van der Waals surface area contributed by atoms with Crippen LogP contribution in [0.2, 0.25) is 5.02 Å². The van der Waals surface area contributed by atoms with Crippen molar-refractivity contribution in [3.8, 4) is 11.8 Å². The summed E-state index contributed by atoms with van der Waals surface area (Å²) in [6.07, 6.45) is 0.451. The Kier molecular flexibility index (Phi) is 6.58. The Hall–Kier alpha value is -3.30. The van der Waals surface area contributed by atoms with E-state index in [2.05, 4.69) is 5.32 Å². The van der Waals surface area contributed by atoms with Crippen LogP contribution in [0.3, 0.4) is 0 Å². The lowest BCUT2D eigenvalue weighted by Gasteiger charge is -2.10. The van der Waals surface area contributed by atoms with Crippen molar-refractivity contribution in [1.29, 1.82) is 5.26 Å². The number of nitrogens with one attached hydrogen (secondary N) is 1. The summed E-state index contributed by atoms with van der Waals surface area (Å²) in [4.78, 5) is 23.2. The number of rotatable bonds is 6. The molecule has 0 unspecified atom stereocenters. The first-order valence-electron chi connectivity index (χ1n) is 7.99. The van der Waals surface area contributed by atoms with Gasteiger partial charge < -0.3 is 15.2 Å². The van der Waals surface area contributed by atoms with E-state index < -0.39 is 18.0 Å². The van der Waals surface area contributed by atoms with Gasteiger partial charge in [-0.05, 0) is 55.3 Å². The number of anilines is 1.